The number of carbonyl (C=O) groups is 1. The van der Waals surface area contributed by atoms with Gasteiger partial charge in [0.2, 0.25) is 5.91 Å². The molecule has 9 nitrogen and oxygen atoms in total. The smallest absolute Gasteiger partial charge is 0.249 e. The van der Waals surface area contributed by atoms with Crippen LogP contribution in [0, 0.1) is 0 Å². The number of anilines is 1. The van der Waals surface area contributed by atoms with Gasteiger partial charge in [-0.05, 0) is 73.7 Å². The van der Waals surface area contributed by atoms with Gasteiger partial charge in [-0.15, -0.1) is 0 Å². The van der Waals surface area contributed by atoms with E-state index in [-0.39, 0.29) is 17.5 Å². The molecule has 210 valence electrons. The molecule has 0 radical (unpaired) electrons. The number of pyridine rings is 1. The molecule has 0 spiro atoms. The predicted octanol–water partition coefficient (Wildman–Crippen LogP) is 4.56. The average Bonchev–Trinajstić information content (AvgIpc) is 2.92. The topological polar surface area (TPSA) is 124 Å². The second-order valence-corrected chi connectivity index (χ2v) is 11.6. The van der Waals surface area contributed by atoms with E-state index in [0.29, 0.717) is 34.9 Å². The summed E-state index contributed by atoms with van der Waals surface area (Å²) in [6.45, 7) is 6.12. The van der Waals surface area contributed by atoms with E-state index in [1.807, 2.05) is 45.0 Å². The first-order valence-electron chi connectivity index (χ1n) is 12.9. The van der Waals surface area contributed by atoms with Crippen LogP contribution in [0.3, 0.4) is 0 Å². The minimum Gasteiger partial charge on any atom is -0.490 e. The van der Waals surface area contributed by atoms with Gasteiger partial charge in [-0.3, -0.25) is 14.8 Å². The summed E-state index contributed by atoms with van der Waals surface area (Å²) in [7, 11) is -3.48. The summed E-state index contributed by atoms with van der Waals surface area (Å²) in [5.74, 6) is 7.30. The highest BCUT2D eigenvalue weighted by Crippen LogP contribution is 2.35. The van der Waals surface area contributed by atoms with E-state index in [1.165, 1.54) is 11.1 Å². The number of hydrogen-bond donors (Lipinski definition) is 2. The number of amides is 1. The van der Waals surface area contributed by atoms with Crippen molar-refractivity contribution in [3.05, 3.63) is 90.3 Å². The van der Waals surface area contributed by atoms with Gasteiger partial charge in [0.05, 0.1) is 23.3 Å². The Hall–Kier alpha value is -4.15. The van der Waals surface area contributed by atoms with E-state index >= 15 is 0 Å². The number of nitrogens with zero attached hydrogens (tertiary/aromatic N) is 2. The maximum absolute atomic E-state index is 13.8. The van der Waals surface area contributed by atoms with Crippen molar-refractivity contribution in [3.8, 4) is 11.5 Å². The molecular formula is C30H34N4O5S. The Morgan fingerprint density at radius 2 is 1.80 bits per heavy atom. The van der Waals surface area contributed by atoms with Gasteiger partial charge in [0.25, 0.3) is 0 Å². The molecule has 0 aliphatic rings. The van der Waals surface area contributed by atoms with E-state index in [4.69, 9.17) is 15.3 Å². The van der Waals surface area contributed by atoms with Crippen LogP contribution in [0.4, 0.5) is 5.69 Å². The van der Waals surface area contributed by atoms with Gasteiger partial charge >= 0.3 is 0 Å². The first kappa shape index (κ1) is 28.8. The van der Waals surface area contributed by atoms with Crippen LogP contribution in [0.25, 0.3) is 10.8 Å². The molecule has 1 unspecified atom stereocenters. The molecule has 1 heterocycles. The highest BCUT2D eigenvalue weighted by Gasteiger charge is 2.28. The van der Waals surface area contributed by atoms with Gasteiger partial charge in [-0.1, -0.05) is 30.3 Å². The zero-order chi connectivity index (χ0) is 28.9. The summed E-state index contributed by atoms with van der Waals surface area (Å²) in [6, 6.07) is 18.4. The monoisotopic (exact) mass is 562 g/mol. The molecular weight excluding hydrogens is 528 g/mol. The Morgan fingerprint density at radius 3 is 2.52 bits per heavy atom. The van der Waals surface area contributed by atoms with Crippen LogP contribution < -0.4 is 25.6 Å². The van der Waals surface area contributed by atoms with Gasteiger partial charge in [0, 0.05) is 30.6 Å². The van der Waals surface area contributed by atoms with Crippen LogP contribution >= 0.6 is 0 Å². The molecule has 0 saturated heterocycles. The lowest BCUT2D eigenvalue weighted by atomic mass is 10.0. The summed E-state index contributed by atoms with van der Waals surface area (Å²) in [5.41, 5.74) is 1.66. The number of hydrazine groups is 1. The summed E-state index contributed by atoms with van der Waals surface area (Å²) < 4.78 is 36.3. The lowest BCUT2D eigenvalue weighted by Gasteiger charge is -2.30. The molecule has 3 N–H and O–H groups in total. The predicted molar refractivity (Wildman–Crippen MR) is 156 cm³/mol. The van der Waals surface area contributed by atoms with E-state index in [1.54, 1.807) is 48.8 Å². The Bertz CT molecular complexity index is 1610. The van der Waals surface area contributed by atoms with Gasteiger partial charge in [0.15, 0.2) is 21.3 Å². The van der Waals surface area contributed by atoms with Crippen molar-refractivity contribution in [1.29, 1.82) is 0 Å². The normalized spacial score (nSPS) is 12.2. The van der Waals surface area contributed by atoms with Crippen LogP contribution in [-0.4, -0.2) is 38.3 Å². The minimum atomic E-state index is -3.48. The summed E-state index contributed by atoms with van der Waals surface area (Å²) in [5, 5.41) is 6.14. The lowest BCUT2D eigenvalue weighted by molar-refractivity contribution is -0.122. The van der Waals surface area contributed by atoms with Crippen LogP contribution in [0.5, 0.6) is 11.5 Å². The number of hydrogen-bond acceptors (Lipinski definition) is 8. The largest absolute Gasteiger partial charge is 0.490 e. The standard InChI is InChI=1S/C30H34N4O5S/c1-5-38-27-17-22(11-13-26(27)39-20(2)3)29(34(31)25-12-10-23-18-32-15-14-21(23)16-25)30(35)33-19-24-8-6-7-9-28(24)40(4,36)37/h6-18,20,29H,5,19,31H2,1-4H3,(H,33,35). The van der Waals surface area contributed by atoms with Crippen LogP contribution in [0.2, 0.25) is 0 Å². The molecule has 0 saturated carbocycles. The number of carbonyl (C=O) groups excluding carboxylic acids is 1. The third-order valence-corrected chi connectivity index (χ3v) is 7.42. The van der Waals surface area contributed by atoms with Gasteiger partial charge in [-0.25, -0.2) is 14.3 Å². The van der Waals surface area contributed by atoms with Crippen molar-refractivity contribution in [1.82, 2.24) is 10.3 Å². The first-order valence-corrected chi connectivity index (χ1v) is 14.8. The zero-order valence-corrected chi connectivity index (χ0v) is 23.8. The van der Waals surface area contributed by atoms with E-state index in [2.05, 4.69) is 10.3 Å². The summed E-state index contributed by atoms with van der Waals surface area (Å²) in [4.78, 5) is 18.1. The molecule has 40 heavy (non-hydrogen) atoms. The van der Waals surface area contributed by atoms with Gasteiger partial charge < -0.3 is 14.8 Å². The Labute approximate surface area is 234 Å². The molecule has 4 rings (SSSR count). The third kappa shape index (κ3) is 6.70. The SMILES string of the molecule is CCOc1cc(C(C(=O)NCc2ccccc2S(C)(=O)=O)N(N)c2ccc3cnccc3c2)ccc1OC(C)C. The lowest BCUT2D eigenvalue weighted by Crippen LogP contribution is -2.44. The summed E-state index contributed by atoms with van der Waals surface area (Å²) in [6.07, 6.45) is 4.52. The van der Waals surface area contributed by atoms with Crippen molar-refractivity contribution in [2.24, 2.45) is 5.84 Å². The number of sulfone groups is 1. The molecule has 1 aromatic heterocycles. The van der Waals surface area contributed by atoms with Crippen molar-refractivity contribution in [3.63, 3.8) is 0 Å². The van der Waals surface area contributed by atoms with Crippen LogP contribution in [0.15, 0.2) is 84.0 Å². The van der Waals surface area contributed by atoms with Crippen molar-refractivity contribution in [2.75, 3.05) is 17.9 Å². The maximum Gasteiger partial charge on any atom is 0.249 e. The van der Waals surface area contributed by atoms with E-state index in [0.717, 1.165) is 17.0 Å². The quantitative estimate of drug-likeness (QED) is 0.201. The molecule has 1 atom stereocenters. The molecule has 0 bridgehead atoms. The Morgan fingerprint density at radius 1 is 1.02 bits per heavy atom. The summed E-state index contributed by atoms with van der Waals surface area (Å²) >= 11 is 0. The number of rotatable bonds is 11. The van der Waals surface area contributed by atoms with Gasteiger partial charge in [-0.2, -0.15) is 0 Å². The van der Waals surface area contributed by atoms with Crippen molar-refractivity contribution in [2.45, 2.75) is 44.4 Å². The number of benzene rings is 3. The molecule has 3 aromatic carbocycles. The van der Waals surface area contributed by atoms with Crippen LogP contribution in [-0.2, 0) is 21.2 Å². The average molecular weight is 563 g/mol. The number of nitrogens with one attached hydrogen (secondary N) is 1. The second-order valence-electron chi connectivity index (χ2n) is 9.62. The van der Waals surface area contributed by atoms with Crippen LogP contribution in [0.1, 0.15) is 37.9 Å². The Balaban J connectivity index is 1.73. The molecule has 4 aromatic rings. The van der Waals surface area contributed by atoms with E-state index in [9.17, 15) is 13.2 Å². The first-order chi connectivity index (χ1) is 19.1. The highest BCUT2D eigenvalue weighted by molar-refractivity contribution is 7.90. The molecule has 0 fully saturated rings. The fourth-order valence-electron chi connectivity index (χ4n) is 4.42. The van der Waals surface area contributed by atoms with E-state index < -0.39 is 21.8 Å². The molecule has 10 heteroatoms. The maximum atomic E-state index is 13.8. The van der Waals surface area contributed by atoms with Gasteiger partial charge in [0.1, 0.15) is 6.04 Å². The molecule has 0 aliphatic carbocycles. The third-order valence-electron chi connectivity index (χ3n) is 6.22. The number of fused-ring (bicyclic) bond motifs is 1. The fraction of sp³-hybridized carbons (Fsp3) is 0.267. The number of nitrogens with two attached hydrogens (primary N) is 1. The Kier molecular flexibility index (Phi) is 8.91. The molecule has 1 amide bonds. The fourth-order valence-corrected chi connectivity index (χ4v) is 5.37. The number of ether oxygens (including phenoxy) is 2. The molecule has 0 aliphatic heterocycles. The second kappa shape index (κ2) is 12.4. The highest BCUT2D eigenvalue weighted by atomic mass is 32.2. The minimum absolute atomic E-state index is 0.00265. The number of aromatic nitrogens is 1. The zero-order valence-electron chi connectivity index (χ0n) is 23.0. The van der Waals surface area contributed by atoms with Crippen molar-refractivity contribution >= 4 is 32.2 Å². The van der Waals surface area contributed by atoms with Crippen molar-refractivity contribution < 1.29 is 22.7 Å².